The first-order valence-corrected chi connectivity index (χ1v) is 15.9. The number of rotatable bonds is 10. The molecule has 1 heterocycles. The fraction of sp³-hybridized carbons (Fsp3) is 0.114. The lowest BCUT2D eigenvalue weighted by Crippen LogP contribution is -2.24. The van der Waals surface area contributed by atoms with Gasteiger partial charge in [0.2, 0.25) is 5.91 Å². The third-order valence-corrected chi connectivity index (χ3v) is 9.71. The van der Waals surface area contributed by atoms with Crippen molar-refractivity contribution in [1.29, 1.82) is 5.26 Å². The van der Waals surface area contributed by atoms with Crippen LogP contribution in [-0.4, -0.2) is 34.0 Å². The van der Waals surface area contributed by atoms with Gasteiger partial charge in [-0.15, -0.1) is 23.1 Å². The molecule has 4 aromatic carbocycles. The van der Waals surface area contributed by atoms with E-state index in [-0.39, 0.29) is 28.5 Å². The second-order valence-corrected chi connectivity index (χ2v) is 12.5. The summed E-state index contributed by atoms with van der Waals surface area (Å²) in [6.45, 7) is 3.55. The Morgan fingerprint density at radius 3 is 2.17 bits per heavy atom. The van der Waals surface area contributed by atoms with Crippen molar-refractivity contribution in [2.45, 2.75) is 30.4 Å². The molecule has 5 aromatic rings. The van der Waals surface area contributed by atoms with Gasteiger partial charge in [0.25, 0.3) is 11.8 Å². The molecule has 9 nitrogen and oxygen atoms in total. The number of hydrogen-bond acceptors (Lipinski definition) is 7. The Hall–Kier alpha value is -5.44. The first kappa shape index (κ1) is 32.0. The maximum absolute atomic E-state index is 13.4. The van der Waals surface area contributed by atoms with Crippen LogP contribution in [0.1, 0.15) is 54.9 Å². The molecule has 3 amide bonds. The molecule has 1 aromatic heterocycles. The van der Waals surface area contributed by atoms with E-state index >= 15 is 0 Å². The molecule has 0 spiro atoms. The van der Waals surface area contributed by atoms with Crippen LogP contribution in [0.2, 0.25) is 0 Å². The van der Waals surface area contributed by atoms with Crippen molar-refractivity contribution in [2.75, 3.05) is 16.0 Å². The smallest absolute Gasteiger partial charge is 0.336 e. The van der Waals surface area contributed by atoms with Crippen LogP contribution in [0.25, 0.3) is 10.8 Å². The second-order valence-electron chi connectivity index (χ2n) is 10.2. The number of benzene rings is 4. The Balaban J connectivity index is 1.31. The van der Waals surface area contributed by atoms with E-state index in [0.717, 1.165) is 16.2 Å². The highest BCUT2D eigenvalue weighted by Crippen LogP contribution is 2.35. The number of hydrogen-bond donors (Lipinski definition) is 4. The molecular weight excluding hydrogens is 621 g/mol. The summed E-state index contributed by atoms with van der Waals surface area (Å²) < 4.78 is 0. The number of thioether (sulfide) groups is 1. The summed E-state index contributed by atoms with van der Waals surface area (Å²) in [7, 11) is 0. The third kappa shape index (κ3) is 6.94. The quantitative estimate of drug-likeness (QED) is 0.113. The van der Waals surface area contributed by atoms with E-state index in [1.807, 2.05) is 19.1 Å². The van der Waals surface area contributed by atoms with Gasteiger partial charge in [0, 0.05) is 27.2 Å². The average Bonchev–Trinajstić information content (AvgIpc) is 3.37. The molecular formula is C35H28N4O5S2. The Kier molecular flexibility index (Phi) is 9.81. The van der Waals surface area contributed by atoms with Gasteiger partial charge in [-0.05, 0) is 66.8 Å². The largest absolute Gasteiger partial charge is 0.478 e. The SMILES string of the molecule is CCC(Sc1cccc(NC(=O)c2cccc3cccc(C(=O)O)c23)c1)C(=O)Nc1sc(C(=O)Nc2ccccc2)c(C)c1C#N. The third-order valence-electron chi connectivity index (χ3n) is 7.15. The maximum atomic E-state index is 13.4. The molecule has 0 fully saturated rings. The predicted octanol–water partition coefficient (Wildman–Crippen LogP) is 7.79. The molecule has 46 heavy (non-hydrogen) atoms. The fourth-order valence-corrected chi connectivity index (χ4v) is 6.96. The first-order valence-electron chi connectivity index (χ1n) is 14.2. The van der Waals surface area contributed by atoms with Gasteiger partial charge in [0.05, 0.1) is 21.3 Å². The number of nitrogens with one attached hydrogen (secondary N) is 3. The lowest BCUT2D eigenvalue weighted by Gasteiger charge is -2.15. The molecule has 230 valence electrons. The van der Waals surface area contributed by atoms with E-state index in [1.54, 1.807) is 79.7 Å². The first-order chi connectivity index (χ1) is 22.2. The minimum Gasteiger partial charge on any atom is -0.478 e. The van der Waals surface area contributed by atoms with E-state index in [4.69, 9.17) is 0 Å². The molecule has 5 rings (SSSR count). The van der Waals surface area contributed by atoms with Gasteiger partial charge in [0.15, 0.2) is 0 Å². The Morgan fingerprint density at radius 2 is 1.50 bits per heavy atom. The number of thiophene rings is 1. The summed E-state index contributed by atoms with van der Waals surface area (Å²) in [6.07, 6.45) is 0.467. The average molecular weight is 649 g/mol. The Bertz CT molecular complexity index is 2010. The summed E-state index contributed by atoms with van der Waals surface area (Å²) in [5.74, 6) is -2.28. The zero-order valence-corrected chi connectivity index (χ0v) is 26.4. The minimum atomic E-state index is -1.13. The Labute approximate surface area is 273 Å². The molecule has 0 aliphatic carbocycles. The van der Waals surface area contributed by atoms with Crippen molar-refractivity contribution in [2.24, 2.45) is 0 Å². The minimum absolute atomic E-state index is 0.0359. The van der Waals surface area contributed by atoms with Gasteiger partial charge in [-0.1, -0.05) is 55.5 Å². The van der Waals surface area contributed by atoms with Crippen molar-refractivity contribution < 1.29 is 24.3 Å². The number of nitriles is 1. The highest BCUT2D eigenvalue weighted by molar-refractivity contribution is 8.00. The van der Waals surface area contributed by atoms with Crippen LogP contribution in [0.15, 0.2) is 95.9 Å². The summed E-state index contributed by atoms with van der Waals surface area (Å²) in [6, 6.07) is 28.0. The molecule has 0 aliphatic rings. The number of para-hydroxylation sites is 1. The van der Waals surface area contributed by atoms with E-state index in [2.05, 4.69) is 22.0 Å². The molecule has 11 heteroatoms. The number of amides is 3. The van der Waals surface area contributed by atoms with Crippen LogP contribution in [0.5, 0.6) is 0 Å². The standard InChI is InChI=1S/C35H28N4O5S2/c1-3-28(32(41)39-34-27(19-36)20(2)30(46-34)33(42)37-22-12-5-4-6-13-22)45-24-15-9-14-23(18-24)38-31(40)25-16-7-10-21-11-8-17-26(29(21)25)35(43)44/h4-18,28H,3H2,1-2H3,(H,37,42)(H,38,40)(H,39,41)(H,43,44). The van der Waals surface area contributed by atoms with E-state index in [0.29, 0.717) is 44.0 Å². The zero-order chi connectivity index (χ0) is 32.8. The second kappa shape index (κ2) is 14.1. The van der Waals surface area contributed by atoms with Crippen molar-refractivity contribution in [1.82, 2.24) is 0 Å². The lowest BCUT2D eigenvalue weighted by atomic mass is 9.98. The van der Waals surface area contributed by atoms with Crippen LogP contribution in [0.3, 0.4) is 0 Å². The predicted molar refractivity (Wildman–Crippen MR) is 182 cm³/mol. The lowest BCUT2D eigenvalue weighted by molar-refractivity contribution is -0.115. The number of carbonyl (C=O) groups is 4. The molecule has 0 saturated carbocycles. The van der Waals surface area contributed by atoms with Gasteiger partial charge < -0.3 is 21.1 Å². The number of nitrogens with zero attached hydrogens (tertiary/aromatic N) is 1. The summed E-state index contributed by atoms with van der Waals surface area (Å²) in [5, 5.41) is 28.8. The summed E-state index contributed by atoms with van der Waals surface area (Å²) in [4.78, 5) is 52.6. The van der Waals surface area contributed by atoms with Crippen LogP contribution in [0, 0.1) is 18.3 Å². The highest BCUT2D eigenvalue weighted by atomic mass is 32.2. The van der Waals surface area contributed by atoms with Gasteiger partial charge in [-0.25, -0.2) is 4.79 Å². The van der Waals surface area contributed by atoms with E-state index < -0.39 is 17.1 Å². The van der Waals surface area contributed by atoms with E-state index in [9.17, 15) is 29.5 Å². The van der Waals surface area contributed by atoms with E-state index in [1.165, 1.54) is 17.8 Å². The molecule has 0 saturated heterocycles. The normalized spacial score (nSPS) is 11.3. The van der Waals surface area contributed by atoms with Gasteiger partial charge >= 0.3 is 5.97 Å². The molecule has 0 radical (unpaired) electrons. The van der Waals surface area contributed by atoms with Crippen molar-refractivity contribution in [3.05, 3.63) is 118 Å². The maximum Gasteiger partial charge on any atom is 0.336 e. The number of fused-ring (bicyclic) bond motifs is 1. The van der Waals surface area contributed by atoms with Gasteiger partial charge in [-0.3, -0.25) is 14.4 Å². The van der Waals surface area contributed by atoms with Crippen molar-refractivity contribution >= 4 is 73.9 Å². The number of carboxylic acids is 1. The molecule has 1 atom stereocenters. The molecule has 1 unspecified atom stereocenters. The zero-order valence-electron chi connectivity index (χ0n) is 24.8. The highest BCUT2D eigenvalue weighted by Gasteiger charge is 2.25. The summed E-state index contributed by atoms with van der Waals surface area (Å²) in [5.41, 5.74) is 2.09. The van der Waals surface area contributed by atoms with Crippen molar-refractivity contribution in [3.8, 4) is 6.07 Å². The number of anilines is 3. The van der Waals surface area contributed by atoms with Crippen LogP contribution in [0.4, 0.5) is 16.4 Å². The molecule has 0 bridgehead atoms. The van der Waals surface area contributed by atoms with Crippen LogP contribution < -0.4 is 16.0 Å². The number of aromatic carboxylic acids is 1. The topological polar surface area (TPSA) is 148 Å². The fourth-order valence-electron chi connectivity index (χ4n) is 4.90. The number of carboxylic acid groups (broad SMARTS) is 1. The monoisotopic (exact) mass is 648 g/mol. The van der Waals surface area contributed by atoms with Crippen LogP contribution in [-0.2, 0) is 4.79 Å². The van der Waals surface area contributed by atoms with Crippen molar-refractivity contribution in [3.63, 3.8) is 0 Å². The summed E-state index contributed by atoms with van der Waals surface area (Å²) >= 11 is 2.35. The van der Waals surface area contributed by atoms with Gasteiger partial charge in [-0.2, -0.15) is 5.26 Å². The Morgan fingerprint density at radius 1 is 0.848 bits per heavy atom. The van der Waals surface area contributed by atoms with Gasteiger partial charge in [0.1, 0.15) is 11.1 Å². The molecule has 4 N–H and O–H groups in total. The van der Waals surface area contributed by atoms with Crippen LogP contribution >= 0.6 is 23.1 Å². The number of carbonyl (C=O) groups excluding carboxylic acids is 3. The molecule has 0 aliphatic heterocycles.